The van der Waals surface area contributed by atoms with E-state index in [0.29, 0.717) is 5.69 Å². The summed E-state index contributed by atoms with van der Waals surface area (Å²) in [5, 5.41) is 11.2. The number of nitrogens with one attached hydrogen (secondary N) is 2. The number of hydrogen-bond acceptors (Lipinski definition) is 4. The van der Waals surface area contributed by atoms with Gasteiger partial charge >= 0.3 is 0 Å². The zero-order valence-electron chi connectivity index (χ0n) is 12.1. The first kappa shape index (κ1) is 17.9. The first-order chi connectivity index (χ1) is 11.3. The van der Waals surface area contributed by atoms with Gasteiger partial charge in [0.05, 0.1) is 22.0 Å². The minimum absolute atomic E-state index is 0.00358. The molecule has 2 aromatic carbocycles. The average Bonchev–Trinajstić information content (AvgIpc) is 2.55. The number of anilines is 1. The molecule has 2 aromatic rings. The second-order valence-corrected chi connectivity index (χ2v) is 6.81. The molecule has 0 fully saturated rings. The molecule has 2 N–H and O–H groups in total. The van der Waals surface area contributed by atoms with E-state index in [1.54, 1.807) is 0 Å². The van der Waals surface area contributed by atoms with Gasteiger partial charge in [-0.1, -0.05) is 11.6 Å². The van der Waals surface area contributed by atoms with E-state index < -0.39 is 28.3 Å². The van der Waals surface area contributed by atoms with Gasteiger partial charge in [-0.15, -0.1) is 0 Å². The van der Waals surface area contributed by atoms with Gasteiger partial charge < -0.3 is 5.32 Å². The SMILES string of the molecule is N#Cc1ccc(S(=O)(=O)NCC(=O)Nc2ccc(F)cc2)cc1Cl. The van der Waals surface area contributed by atoms with E-state index in [1.807, 2.05) is 6.07 Å². The average molecular weight is 368 g/mol. The van der Waals surface area contributed by atoms with Gasteiger partial charge in [-0.2, -0.15) is 5.26 Å². The van der Waals surface area contributed by atoms with Crippen LogP contribution < -0.4 is 10.0 Å². The molecule has 0 aromatic heterocycles. The Morgan fingerprint density at radius 3 is 2.46 bits per heavy atom. The molecule has 1 amide bonds. The van der Waals surface area contributed by atoms with Crippen LogP contribution in [0.5, 0.6) is 0 Å². The number of nitriles is 1. The number of nitrogens with zero attached hydrogens (tertiary/aromatic N) is 1. The molecule has 24 heavy (non-hydrogen) atoms. The van der Waals surface area contributed by atoms with Crippen LogP contribution in [-0.2, 0) is 14.8 Å². The normalized spacial score (nSPS) is 10.9. The molecule has 0 saturated heterocycles. The molecule has 0 bridgehead atoms. The highest BCUT2D eigenvalue weighted by atomic mass is 35.5. The lowest BCUT2D eigenvalue weighted by atomic mass is 10.2. The number of carbonyl (C=O) groups excluding carboxylic acids is 1. The number of rotatable bonds is 5. The number of carbonyl (C=O) groups is 1. The molecule has 0 radical (unpaired) electrons. The fourth-order valence-electron chi connectivity index (χ4n) is 1.74. The first-order valence-corrected chi connectivity index (χ1v) is 8.42. The Balaban J connectivity index is 2.02. The maximum Gasteiger partial charge on any atom is 0.241 e. The summed E-state index contributed by atoms with van der Waals surface area (Å²) in [6.07, 6.45) is 0. The van der Waals surface area contributed by atoms with Crippen molar-refractivity contribution in [2.45, 2.75) is 4.90 Å². The van der Waals surface area contributed by atoms with Gasteiger partial charge in [-0.25, -0.2) is 17.5 Å². The maximum atomic E-state index is 12.8. The smallest absolute Gasteiger partial charge is 0.241 e. The fourth-order valence-corrected chi connectivity index (χ4v) is 3.03. The molecule has 0 atom stereocenters. The summed E-state index contributed by atoms with van der Waals surface area (Å²) in [5.41, 5.74) is 0.478. The molecular formula is C15H11ClFN3O3S. The van der Waals surface area contributed by atoms with Crippen molar-refractivity contribution in [2.24, 2.45) is 0 Å². The van der Waals surface area contributed by atoms with Gasteiger partial charge in [0.15, 0.2) is 0 Å². The van der Waals surface area contributed by atoms with E-state index in [4.69, 9.17) is 16.9 Å². The lowest BCUT2D eigenvalue weighted by molar-refractivity contribution is -0.115. The molecular weight excluding hydrogens is 357 g/mol. The second kappa shape index (κ2) is 7.40. The molecule has 0 aliphatic carbocycles. The van der Waals surface area contributed by atoms with Crippen LogP contribution >= 0.6 is 11.6 Å². The lowest BCUT2D eigenvalue weighted by Gasteiger charge is -2.08. The molecule has 0 aliphatic heterocycles. The molecule has 0 unspecified atom stereocenters. The number of halogens is 2. The van der Waals surface area contributed by atoms with Crippen molar-refractivity contribution in [3.05, 3.63) is 58.9 Å². The van der Waals surface area contributed by atoms with Crippen LogP contribution in [0, 0.1) is 17.1 Å². The highest BCUT2D eigenvalue weighted by molar-refractivity contribution is 7.89. The zero-order chi connectivity index (χ0) is 17.7. The van der Waals surface area contributed by atoms with E-state index in [0.717, 1.165) is 6.07 Å². The summed E-state index contributed by atoms with van der Waals surface area (Å²) in [5.74, 6) is -1.07. The van der Waals surface area contributed by atoms with Crippen LogP contribution in [0.15, 0.2) is 47.4 Å². The molecule has 0 saturated carbocycles. The van der Waals surface area contributed by atoms with Crippen molar-refractivity contribution in [3.8, 4) is 6.07 Å². The summed E-state index contributed by atoms with van der Waals surface area (Å²) in [6.45, 7) is -0.517. The van der Waals surface area contributed by atoms with Gasteiger partial charge in [0, 0.05) is 5.69 Å². The largest absolute Gasteiger partial charge is 0.325 e. The third-order valence-electron chi connectivity index (χ3n) is 2.92. The van der Waals surface area contributed by atoms with Crippen molar-refractivity contribution in [1.82, 2.24) is 4.72 Å². The molecule has 9 heteroatoms. The molecule has 0 spiro atoms. The fraction of sp³-hybridized carbons (Fsp3) is 0.0667. The van der Waals surface area contributed by atoms with Crippen LogP contribution in [0.25, 0.3) is 0 Å². The Bertz CT molecular complexity index is 909. The van der Waals surface area contributed by atoms with Crippen molar-refractivity contribution in [1.29, 1.82) is 5.26 Å². The standard InChI is InChI=1S/C15H11ClFN3O3S/c16-14-7-13(6-1-10(14)8-18)24(22,23)19-9-15(21)20-12-4-2-11(17)3-5-12/h1-7,19H,9H2,(H,20,21). The van der Waals surface area contributed by atoms with Gasteiger partial charge in [-0.3, -0.25) is 4.79 Å². The summed E-state index contributed by atoms with van der Waals surface area (Å²) < 4.78 is 39.1. The minimum atomic E-state index is -3.97. The summed E-state index contributed by atoms with van der Waals surface area (Å²) in [7, 11) is -3.97. The molecule has 0 aliphatic rings. The highest BCUT2D eigenvalue weighted by Crippen LogP contribution is 2.20. The topological polar surface area (TPSA) is 99.1 Å². The second-order valence-electron chi connectivity index (χ2n) is 4.63. The summed E-state index contributed by atoms with van der Waals surface area (Å²) >= 11 is 5.79. The van der Waals surface area contributed by atoms with Gasteiger partial charge in [0.25, 0.3) is 0 Å². The predicted molar refractivity (Wildman–Crippen MR) is 86.4 cm³/mol. The van der Waals surface area contributed by atoms with Crippen molar-refractivity contribution >= 4 is 33.2 Å². The zero-order valence-corrected chi connectivity index (χ0v) is 13.7. The monoisotopic (exact) mass is 367 g/mol. The number of benzene rings is 2. The Kier molecular flexibility index (Phi) is 5.51. The van der Waals surface area contributed by atoms with Crippen molar-refractivity contribution in [3.63, 3.8) is 0 Å². The predicted octanol–water partition coefficient (Wildman–Crippen LogP) is 2.27. The van der Waals surface area contributed by atoms with Crippen LogP contribution in [0.4, 0.5) is 10.1 Å². The minimum Gasteiger partial charge on any atom is -0.325 e. The third kappa shape index (κ3) is 4.52. The number of amides is 1. The first-order valence-electron chi connectivity index (χ1n) is 6.56. The van der Waals surface area contributed by atoms with Gasteiger partial charge in [-0.05, 0) is 42.5 Å². The molecule has 6 nitrogen and oxygen atoms in total. The molecule has 124 valence electrons. The molecule has 2 rings (SSSR count). The van der Waals surface area contributed by atoms with Crippen LogP contribution in [-0.4, -0.2) is 20.9 Å². The Hall–Kier alpha value is -2.47. The molecule has 0 heterocycles. The Morgan fingerprint density at radius 1 is 1.21 bits per heavy atom. The summed E-state index contributed by atoms with van der Waals surface area (Å²) in [4.78, 5) is 11.6. The van der Waals surface area contributed by atoms with Gasteiger partial charge in [0.2, 0.25) is 15.9 Å². The van der Waals surface area contributed by atoms with Gasteiger partial charge in [0.1, 0.15) is 11.9 Å². The number of sulfonamides is 1. The van der Waals surface area contributed by atoms with E-state index in [-0.39, 0.29) is 15.5 Å². The van der Waals surface area contributed by atoms with Crippen LogP contribution in [0.2, 0.25) is 5.02 Å². The van der Waals surface area contributed by atoms with E-state index >= 15 is 0 Å². The van der Waals surface area contributed by atoms with E-state index in [1.165, 1.54) is 36.4 Å². The quantitative estimate of drug-likeness (QED) is 0.846. The van der Waals surface area contributed by atoms with Crippen molar-refractivity contribution in [2.75, 3.05) is 11.9 Å². The van der Waals surface area contributed by atoms with E-state index in [9.17, 15) is 17.6 Å². The lowest BCUT2D eigenvalue weighted by Crippen LogP contribution is -2.32. The summed E-state index contributed by atoms with van der Waals surface area (Å²) in [6, 6.07) is 10.5. The number of hydrogen-bond donors (Lipinski definition) is 2. The third-order valence-corrected chi connectivity index (χ3v) is 4.63. The van der Waals surface area contributed by atoms with Crippen molar-refractivity contribution < 1.29 is 17.6 Å². The Labute approximate surface area is 142 Å². The van der Waals surface area contributed by atoms with Crippen LogP contribution in [0.3, 0.4) is 0 Å². The maximum absolute atomic E-state index is 12.8. The Morgan fingerprint density at radius 2 is 1.88 bits per heavy atom. The van der Waals surface area contributed by atoms with E-state index in [2.05, 4.69) is 10.0 Å². The highest BCUT2D eigenvalue weighted by Gasteiger charge is 2.17. The van der Waals surface area contributed by atoms with Crippen LogP contribution in [0.1, 0.15) is 5.56 Å².